The lowest BCUT2D eigenvalue weighted by molar-refractivity contribution is 0.167. The van der Waals surface area contributed by atoms with E-state index in [2.05, 4.69) is 10.2 Å². The van der Waals surface area contributed by atoms with Crippen LogP contribution in [0.4, 0.5) is 21.5 Å². The Balaban J connectivity index is 1.07. The monoisotopic (exact) mass is 497 g/mol. The molecular formula is C27H29ClFN3O3. The van der Waals surface area contributed by atoms with Gasteiger partial charge in [-0.05, 0) is 86.7 Å². The van der Waals surface area contributed by atoms with Gasteiger partial charge in [0, 0.05) is 30.3 Å². The highest BCUT2D eigenvalue weighted by molar-refractivity contribution is 6.31. The highest BCUT2D eigenvalue weighted by Crippen LogP contribution is 2.37. The molecule has 0 aliphatic carbocycles. The molecular weight excluding hydrogens is 469 g/mol. The van der Waals surface area contributed by atoms with Gasteiger partial charge in [0.05, 0.1) is 6.61 Å². The average molecular weight is 498 g/mol. The van der Waals surface area contributed by atoms with Crippen molar-refractivity contribution in [2.45, 2.75) is 25.7 Å². The van der Waals surface area contributed by atoms with Crippen molar-refractivity contribution in [3.63, 3.8) is 0 Å². The van der Waals surface area contributed by atoms with E-state index in [-0.39, 0.29) is 5.82 Å². The normalized spacial score (nSPS) is 16.6. The smallest absolute Gasteiger partial charge is 0.253 e. The van der Waals surface area contributed by atoms with E-state index in [0.717, 1.165) is 56.6 Å². The molecule has 0 bridgehead atoms. The number of rotatable bonds is 9. The zero-order valence-corrected chi connectivity index (χ0v) is 20.3. The van der Waals surface area contributed by atoms with Gasteiger partial charge in [0.1, 0.15) is 22.9 Å². The summed E-state index contributed by atoms with van der Waals surface area (Å²) in [7, 11) is 0. The van der Waals surface area contributed by atoms with Gasteiger partial charge in [0.15, 0.2) is 0 Å². The Morgan fingerprint density at radius 3 is 2.57 bits per heavy atom. The van der Waals surface area contributed by atoms with Gasteiger partial charge in [-0.25, -0.2) is 4.39 Å². The van der Waals surface area contributed by atoms with Crippen LogP contribution < -0.4 is 25.8 Å². The Bertz CT molecular complexity index is 1250. The summed E-state index contributed by atoms with van der Waals surface area (Å²) in [6.45, 7) is 4.74. The van der Waals surface area contributed by atoms with Crippen LogP contribution in [0.3, 0.4) is 0 Å². The molecule has 35 heavy (non-hydrogen) atoms. The highest BCUT2D eigenvalue weighted by Gasteiger charge is 2.31. The second-order valence-corrected chi connectivity index (χ2v) is 9.80. The molecule has 0 amide bonds. The van der Waals surface area contributed by atoms with Crippen molar-refractivity contribution in [1.29, 1.82) is 0 Å². The molecule has 0 radical (unpaired) electrons. The number of ether oxygens (including phenoxy) is 1. The Labute approximate surface area is 209 Å². The third kappa shape index (κ3) is 5.21. The maximum Gasteiger partial charge on any atom is 0.253 e. The largest absolute Gasteiger partial charge is 0.494 e. The number of hydrogen-bond acceptors (Lipinski definition) is 6. The predicted octanol–water partition coefficient (Wildman–Crippen LogP) is 4.36. The van der Waals surface area contributed by atoms with Gasteiger partial charge >= 0.3 is 0 Å². The van der Waals surface area contributed by atoms with Gasteiger partial charge in [0.2, 0.25) is 0 Å². The SMILES string of the molecule is O=c1c(NCCN2CCC(CCOc3ccc(F)cc3)CC2)c(N2CCc3ccc(Cl)cc32)c1=O. The van der Waals surface area contributed by atoms with Gasteiger partial charge in [-0.3, -0.25) is 9.59 Å². The van der Waals surface area contributed by atoms with Crippen LogP contribution in [0, 0.1) is 11.7 Å². The number of halogens is 2. The van der Waals surface area contributed by atoms with Crippen molar-refractivity contribution in [2.75, 3.05) is 49.5 Å². The molecule has 184 valence electrons. The van der Waals surface area contributed by atoms with Gasteiger partial charge < -0.3 is 19.9 Å². The molecule has 0 unspecified atom stereocenters. The van der Waals surface area contributed by atoms with Crippen molar-refractivity contribution in [2.24, 2.45) is 5.92 Å². The summed E-state index contributed by atoms with van der Waals surface area (Å²) in [4.78, 5) is 29.0. The minimum absolute atomic E-state index is 0.258. The van der Waals surface area contributed by atoms with Crippen molar-refractivity contribution < 1.29 is 9.13 Å². The molecule has 1 saturated heterocycles. The first-order chi connectivity index (χ1) is 17.0. The summed E-state index contributed by atoms with van der Waals surface area (Å²) >= 11 is 6.16. The lowest BCUT2D eigenvalue weighted by atomic mass is 9.94. The van der Waals surface area contributed by atoms with E-state index in [0.29, 0.717) is 47.8 Å². The Morgan fingerprint density at radius 2 is 1.80 bits per heavy atom. The fourth-order valence-electron chi connectivity index (χ4n) is 5.10. The Hall–Kier alpha value is -2.90. The molecule has 0 saturated carbocycles. The van der Waals surface area contributed by atoms with E-state index in [9.17, 15) is 14.0 Å². The van der Waals surface area contributed by atoms with Crippen molar-refractivity contribution in [3.8, 4) is 5.75 Å². The standard InChI is InChI=1S/C27H29ClFN3O3/c28-20-2-1-19-9-14-32(23(19)17-20)25-24(26(33)27(25)34)30-11-15-31-12-7-18(8-13-31)10-16-35-22-5-3-21(29)4-6-22/h1-6,17-18,30H,7-16H2. The number of anilines is 3. The Morgan fingerprint density at radius 1 is 1.03 bits per heavy atom. The summed E-state index contributed by atoms with van der Waals surface area (Å²) in [6.07, 6.45) is 4.01. The molecule has 5 rings (SSSR count). The highest BCUT2D eigenvalue weighted by atomic mass is 35.5. The van der Waals surface area contributed by atoms with Gasteiger partial charge in [-0.2, -0.15) is 0 Å². The van der Waals surface area contributed by atoms with E-state index in [1.807, 2.05) is 23.1 Å². The molecule has 3 aromatic carbocycles. The van der Waals surface area contributed by atoms with Crippen LogP contribution in [0.25, 0.3) is 0 Å². The van der Waals surface area contributed by atoms with E-state index in [4.69, 9.17) is 16.3 Å². The van der Waals surface area contributed by atoms with Crippen LogP contribution in [0.1, 0.15) is 24.8 Å². The third-order valence-electron chi connectivity index (χ3n) is 7.14. The number of fused-ring (bicyclic) bond motifs is 1. The number of hydrogen-bond donors (Lipinski definition) is 1. The average Bonchev–Trinajstić information content (AvgIpc) is 3.27. The fraction of sp³-hybridized carbons (Fsp3) is 0.407. The minimum atomic E-state index is -0.435. The van der Waals surface area contributed by atoms with Crippen LogP contribution in [0.2, 0.25) is 5.02 Å². The molecule has 2 aliphatic rings. The first-order valence-corrected chi connectivity index (χ1v) is 12.6. The quantitative estimate of drug-likeness (QED) is 0.443. The Kier molecular flexibility index (Phi) is 7.07. The maximum absolute atomic E-state index is 13.0. The lowest BCUT2D eigenvalue weighted by Gasteiger charge is -2.32. The van der Waals surface area contributed by atoms with Crippen LogP contribution in [-0.2, 0) is 6.42 Å². The first-order valence-electron chi connectivity index (χ1n) is 12.2. The van der Waals surface area contributed by atoms with Gasteiger partial charge in [-0.1, -0.05) is 17.7 Å². The van der Waals surface area contributed by atoms with Crippen molar-refractivity contribution in [3.05, 3.63) is 79.3 Å². The van der Waals surface area contributed by atoms with E-state index >= 15 is 0 Å². The summed E-state index contributed by atoms with van der Waals surface area (Å²) in [5.74, 6) is 1.06. The van der Waals surface area contributed by atoms with Crippen LogP contribution in [0.5, 0.6) is 5.75 Å². The van der Waals surface area contributed by atoms with E-state index < -0.39 is 10.9 Å². The number of nitrogens with one attached hydrogen (secondary N) is 1. The fourth-order valence-corrected chi connectivity index (χ4v) is 5.26. The van der Waals surface area contributed by atoms with Crippen molar-refractivity contribution in [1.82, 2.24) is 4.90 Å². The second-order valence-electron chi connectivity index (χ2n) is 9.36. The molecule has 0 spiro atoms. The predicted molar refractivity (Wildman–Crippen MR) is 138 cm³/mol. The zero-order chi connectivity index (χ0) is 24.4. The molecule has 8 heteroatoms. The minimum Gasteiger partial charge on any atom is -0.494 e. The molecule has 0 aromatic heterocycles. The van der Waals surface area contributed by atoms with Crippen LogP contribution in [0.15, 0.2) is 52.1 Å². The lowest BCUT2D eigenvalue weighted by Crippen LogP contribution is -2.42. The number of likely N-dealkylation sites (tertiary alicyclic amines) is 1. The van der Waals surface area contributed by atoms with Crippen molar-refractivity contribution >= 4 is 28.7 Å². The van der Waals surface area contributed by atoms with Gasteiger partial charge in [-0.15, -0.1) is 0 Å². The van der Waals surface area contributed by atoms with E-state index in [1.54, 1.807) is 12.1 Å². The van der Waals surface area contributed by atoms with Crippen LogP contribution >= 0.6 is 11.6 Å². The molecule has 3 aromatic rings. The molecule has 2 aliphatic heterocycles. The molecule has 0 atom stereocenters. The summed E-state index contributed by atoms with van der Waals surface area (Å²) < 4.78 is 18.7. The summed E-state index contributed by atoms with van der Waals surface area (Å²) in [5, 5.41) is 3.85. The third-order valence-corrected chi connectivity index (χ3v) is 7.38. The van der Waals surface area contributed by atoms with Gasteiger partial charge in [0.25, 0.3) is 10.9 Å². The van der Waals surface area contributed by atoms with E-state index in [1.165, 1.54) is 12.1 Å². The summed E-state index contributed by atoms with van der Waals surface area (Å²) in [5.41, 5.74) is 2.09. The number of benzene rings is 2. The second kappa shape index (κ2) is 10.4. The number of piperidine rings is 1. The molecule has 6 nitrogen and oxygen atoms in total. The molecule has 1 N–H and O–H groups in total. The van der Waals surface area contributed by atoms with Crippen LogP contribution in [-0.4, -0.2) is 44.2 Å². The number of nitrogens with zero attached hydrogens (tertiary/aromatic N) is 2. The topological polar surface area (TPSA) is 61.9 Å². The zero-order valence-electron chi connectivity index (χ0n) is 19.6. The summed E-state index contributed by atoms with van der Waals surface area (Å²) in [6, 6.07) is 11.8. The molecule has 2 heterocycles. The maximum atomic E-state index is 13.0. The first kappa shape index (κ1) is 23.8. The molecule has 1 fully saturated rings.